The Bertz CT molecular complexity index is 423. The summed E-state index contributed by atoms with van der Waals surface area (Å²) in [6.45, 7) is 7.15. The van der Waals surface area contributed by atoms with Gasteiger partial charge in [0.2, 0.25) is 0 Å². The van der Waals surface area contributed by atoms with E-state index >= 15 is 0 Å². The zero-order valence-electron chi connectivity index (χ0n) is 13.5. The molecule has 1 nitrogen and oxygen atoms in total. The fourth-order valence-electron chi connectivity index (χ4n) is 7.17. The Morgan fingerprint density at radius 2 is 1.50 bits per heavy atom. The number of hydrogen-bond donors (Lipinski definition) is 1. The topological polar surface area (TPSA) is 26.0 Å². The molecule has 0 aromatic rings. The van der Waals surface area contributed by atoms with Gasteiger partial charge < -0.3 is 5.73 Å². The second-order valence-electron chi connectivity index (χ2n) is 9.75. The summed E-state index contributed by atoms with van der Waals surface area (Å²) in [5.41, 5.74) is 9.50. The van der Waals surface area contributed by atoms with Crippen molar-refractivity contribution in [3.8, 4) is 0 Å². The number of rotatable bonds is 1. The molecule has 1 atom stereocenters. The van der Waals surface area contributed by atoms with Crippen LogP contribution in [0.3, 0.4) is 0 Å². The van der Waals surface area contributed by atoms with Crippen molar-refractivity contribution in [3.05, 3.63) is 11.6 Å². The summed E-state index contributed by atoms with van der Waals surface area (Å²) in [6, 6.07) is 0. The van der Waals surface area contributed by atoms with E-state index in [0.717, 1.165) is 17.8 Å². The Morgan fingerprint density at radius 1 is 1.00 bits per heavy atom. The van der Waals surface area contributed by atoms with Gasteiger partial charge in [0.05, 0.1) is 0 Å². The average molecular weight is 273 g/mol. The van der Waals surface area contributed by atoms with Crippen LogP contribution in [0, 0.1) is 28.6 Å². The highest BCUT2D eigenvalue weighted by Crippen LogP contribution is 2.65. The molecule has 0 spiro atoms. The van der Waals surface area contributed by atoms with Crippen molar-refractivity contribution < 1.29 is 0 Å². The smallest absolute Gasteiger partial charge is 0.0404 e. The van der Waals surface area contributed by atoms with Crippen LogP contribution in [0.25, 0.3) is 0 Å². The number of allylic oxidation sites excluding steroid dienone is 1. The molecule has 20 heavy (non-hydrogen) atoms. The predicted molar refractivity (Wildman–Crippen MR) is 84.3 cm³/mol. The highest BCUT2D eigenvalue weighted by Gasteiger charge is 2.59. The van der Waals surface area contributed by atoms with Crippen LogP contribution in [0.4, 0.5) is 0 Å². The zero-order valence-corrected chi connectivity index (χ0v) is 13.5. The first-order valence-electron chi connectivity index (χ1n) is 8.77. The Kier molecular flexibility index (Phi) is 2.61. The third-order valence-electron chi connectivity index (χ3n) is 7.06. The van der Waals surface area contributed by atoms with E-state index in [1.54, 1.807) is 5.57 Å². The minimum absolute atomic E-state index is 0.0190. The Labute approximate surface area is 124 Å². The van der Waals surface area contributed by atoms with Crippen LogP contribution in [0.15, 0.2) is 11.6 Å². The van der Waals surface area contributed by atoms with Gasteiger partial charge in [0.1, 0.15) is 0 Å². The van der Waals surface area contributed by atoms with E-state index < -0.39 is 0 Å². The van der Waals surface area contributed by atoms with Gasteiger partial charge in [-0.1, -0.05) is 25.5 Å². The second-order valence-corrected chi connectivity index (χ2v) is 9.75. The summed E-state index contributed by atoms with van der Waals surface area (Å²) < 4.78 is 0. The minimum Gasteiger partial charge on any atom is -0.321 e. The van der Waals surface area contributed by atoms with Crippen LogP contribution in [0.2, 0.25) is 0 Å². The maximum atomic E-state index is 7.15. The van der Waals surface area contributed by atoms with E-state index in [0.29, 0.717) is 10.8 Å². The molecule has 1 heteroatoms. The molecule has 0 heterocycles. The van der Waals surface area contributed by atoms with Crippen molar-refractivity contribution >= 4 is 0 Å². The van der Waals surface area contributed by atoms with Gasteiger partial charge in [0.25, 0.3) is 0 Å². The molecule has 0 amide bonds. The van der Waals surface area contributed by atoms with Crippen molar-refractivity contribution in [2.24, 2.45) is 34.3 Å². The fourth-order valence-corrected chi connectivity index (χ4v) is 7.17. The van der Waals surface area contributed by atoms with E-state index in [1.807, 2.05) is 0 Å². The summed E-state index contributed by atoms with van der Waals surface area (Å²) in [4.78, 5) is 0. The Hall–Kier alpha value is -0.300. The third-order valence-corrected chi connectivity index (χ3v) is 7.06. The van der Waals surface area contributed by atoms with E-state index in [2.05, 4.69) is 26.8 Å². The van der Waals surface area contributed by atoms with E-state index in [1.165, 1.54) is 51.4 Å². The van der Waals surface area contributed by atoms with Gasteiger partial charge in [0, 0.05) is 5.54 Å². The van der Waals surface area contributed by atoms with E-state index in [9.17, 15) is 0 Å². The van der Waals surface area contributed by atoms with Crippen molar-refractivity contribution in [1.29, 1.82) is 0 Å². The molecule has 4 fully saturated rings. The van der Waals surface area contributed by atoms with Crippen LogP contribution < -0.4 is 5.73 Å². The molecular weight excluding hydrogens is 242 g/mol. The molecule has 0 radical (unpaired) electrons. The van der Waals surface area contributed by atoms with Crippen LogP contribution in [-0.4, -0.2) is 5.54 Å². The Morgan fingerprint density at radius 3 is 1.95 bits per heavy atom. The normalized spacial score (nSPS) is 53.0. The molecule has 0 aliphatic heterocycles. The monoisotopic (exact) mass is 273 g/mol. The highest BCUT2D eigenvalue weighted by molar-refractivity contribution is 5.26. The summed E-state index contributed by atoms with van der Waals surface area (Å²) in [5.74, 6) is 3.00. The first-order valence-corrected chi connectivity index (χ1v) is 8.77. The summed E-state index contributed by atoms with van der Waals surface area (Å²) >= 11 is 0. The van der Waals surface area contributed by atoms with Gasteiger partial charge in [0.15, 0.2) is 0 Å². The lowest BCUT2D eigenvalue weighted by molar-refractivity contribution is -0.0957. The molecule has 2 N–H and O–H groups in total. The molecule has 0 saturated heterocycles. The summed E-state index contributed by atoms with van der Waals surface area (Å²) in [6.07, 6.45) is 13.8. The molecular formula is C19H31N. The largest absolute Gasteiger partial charge is 0.321 e. The van der Waals surface area contributed by atoms with Crippen molar-refractivity contribution in [2.45, 2.75) is 77.7 Å². The van der Waals surface area contributed by atoms with Crippen molar-refractivity contribution in [1.82, 2.24) is 0 Å². The first kappa shape index (κ1) is 13.4. The van der Waals surface area contributed by atoms with Gasteiger partial charge >= 0.3 is 0 Å². The van der Waals surface area contributed by atoms with Crippen LogP contribution >= 0.6 is 0 Å². The zero-order chi connectivity index (χ0) is 14.2. The lowest BCUT2D eigenvalue weighted by Crippen LogP contribution is -2.63. The van der Waals surface area contributed by atoms with Gasteiger partial charge in [-0.3, -0.25) is 0 Å². The minimum atomic E-state index is -0.0190. The molecule has 5 aliphatic carbocycles. The molecule has 1 unspecified atom stereocenters. The van der Waals surface area contributed by atoms with Gasteiger partial charge in [-0.05, 0) is 86.9 Å². The lowest BCUT2D eigenvalue weighted by Gasteiger charge is -2.64. The van der Waals surface area contributed by atoms with Gasteiger partial charge in [-0.2, -0.15) is 0 Å². The molecule has 5 rings (SSSR count). The standard InChI is InChI=1S/C19H31N/c1-13-7-17(2,3)12-19(20,8-13)18-9-14-4-15(10-18)6-16(5-14)11-18/h8,14-16H,4-7,9-12,20H2,1-3H3. The lowest BCUT2D eigenvalue weighted by atomic mass is 9.42. The Balaban J connectivity index is 1.74. The molecule has 112 valence electrons. The maximum Gasteiger partial charge on any atom is 0.0404 e. The highest BCUT2D eigenvalue weighted by atomic mass is 14.8. The fraction of sp³-hybridized carbons (Fsp3) is 0.895. The van der Waals surface area contributed by atoms with E-state index in [4.69, 9.17) is 5.73 Å². The predicted octanol–water partition coefficient (Wildman–Crippen LogP) is 4.67. The SMILES string of the molecule is CC1=CC(N)(C23CC4CC(CC(C4)C2)C3)CC(C)(C)C1. The summed E-state index contributed by atoms with van der Waals surface area (Å²) in [5, 5.41) is 0. The van der Waals surface area contributed by atoms with Crippen molar-refractivity contribution in [3.63, 3.8) is 0 Å². The number of hydrogen-bond acceptors (Lipinski definition) is 1. The second kappa shape index (κ2) is 3.91. The number of nitrogens with two attached hydrogens (primary N) is 1. The van der Waals surface area contributed by atoms with Gasteiger partial charge in [-0.25, -0.2) is 0 Å². The molecule has 0 aromatic heterocycles. The van der Waals surface area contributed by atoms with Crippen LogP contribution in [0.5, 0.6) is 0 Å². The maximum absolute atomic E-state index is 7.15. The van der Waals surface area contributed by atoms with Gasteiger partial charge in [-0.15, -0.1) is 0 Å². The van der Waals surface area contributed by atoms with E-state index in [-0.39, 0.29) is 5.54 Å². The van der Waals surface area contributed by atoms with Crippen molar-refractivity contribution in [2.75, 3.05) is 0 Å². The molecule has 5 aliphatic rings. The third kappa shape index (κ3) is 1.85. The average Bonchev–Trinajstić information content (AvgIpc) is 2.22. The van der Waals surface area contributed by atoms with Crippen LogP contribution in [-0.2, 0) is 0 Å². The quantitative estimate of drug-likeness (QED) is 0.690. The van der Waals surface area contributed by atoms with Crippen LogP contribution in [0.1, 0.15) is 72.1 Å². The summed E-state index contributed by atoms with van der Waals surface area (Å²) in [7, 11) is 0. The molecule has 4 bridgehead atoms. The molecule has 0 aromatic carbocycles. The first-order chi connectivity index (χ1) is 9.29. The molecule has 4 saturated carbocycles.